The molecule has 0 aliphatic carbocycles. The summed E-state index contributed by atoms with van der Waals surface area (Å²) in [6, 6.07) is 3.38. The molecule has 0 radical (unpaired) electrons. The van der Waals surface area contributed by atoms with Crippen LogP contribution in [0.4, 0.5) is 0 Å². The molecule has 2 N–H and O–H groups in total. The zero-order valence-electron chi connectivity index (χ0n) is 7.28. The lowest BCUT2D eigenvalue weighted by Gasteiger charge is -2.03. The van der Waals surface area contributed by atoms with E-state index in [2.05, 4.69) is 4.98 Å². The van der Waals surface area contributed by atoms with Gasteiger partial charge >= 0.3 is 7.12 Å². The monoisotopic (exact) mass is 165 g/mol. The van der Waals surface area contributed by atoms with E-state index in [0.29, 0.717) is 5.46 Å². The Morgan fingerprint density at radius 2 is 2.08 bits per heavy atom. The van der Waals surface area contributed by atoms with Crippen molar-refractivity contribution in [3.05, 3.63) is 23.5 Å². The number of hydrogen-bond acceptors (Lipinski definition) is 3. The molecule has 0 aliphatic heterocycles. The van der Waals surface area contributed by atoms with Gasteiger partial charge in [-0.25, -0.2) is 0 Å². The minimum Gasteiger partial charge on any atom is -0.423 e. The Morgan fingerprint density at radius 3 is 2.58 bits per heavy atom. The molecule has 12 heavy (non-hydrogen) atoms. The van der Waals surface area contributed by atoms with E-state index in [-0.39, 0.29) is 0 Å². The Morgan fingerprint density at radius 1 is 1.42 bits per heavy atom. The van der Waals surface area contributed by atoms with Crippen LogP contribution in [0.2, 0.25) is 0 Å². The van der Waals surface area contributed by atoms with E-state index < -0.39 is 7.12 Å². The van der Waals surface area contributed by atoms with Crippen LogP contribution < -0.4 is 5.46 Å². The van der Waals surface area contributed by atoms with Crippen LogP contribution in [0.25, 0.3) is 0 Å². The number of aromatic nitrogens is 1. The number of hydrogen-bond donors (Lipinski definition) is 2. The fourth-order valence-electron chi connectivity index (χ4n) is 1.10. The van der Waals surface area contributed by atoms with Crippen LogP contribution in [0.15, 0.2) is 12.1 Å². The van der Waals surface area contributed by atoms with E-state index in [0.717, 1.165) is 17.8 Å². The number of nitrogens with zero attached hydrogens (tertiary/aromatic N) is 1. The minimum atomic E-state index is -1.39. The summed E-state index contributed by atoms with van der Waals surface area (Å²) in [6.45, 7) is 3.82. The highest BCUT2D eigenvalue weighted by molar-refractivity contribution is 6.58. The molecular formula is C8H12BNO2. The van der Waals surface area contributed by atoms with Gasteiger partial charge in [0.15, 0.2) is 0 Å². The molecule has 0 spiro atoms. The van der Waals surface area contributed by atoms with Gasteiger partial charge < -0.3 is 10.0 Å². The van der Waals surface area contributed by atoms with E-state index >= 15 is 0 Å². The molecule has 4 heteroatoms. The third-order valence-electron chi connectivity index (χ3n) is 1.69. The van der Waals surface area contributed by atoms with Gasteiger partial charge in [0, 0.05) is 11.4 Å². The van der Waals surface area contributed by atoms with Gasteiger partial charge in [-0.3, -0.25) is 4.98 Å². The summed E-state index contributed by atoms with van der Waals surface area (Å²) < 4.78 is 0. The smallest absolute Gasteiger partial charge is 0.423 e. The average Bonchev–Trinajstić information content (AvgIpc) is 2.03. The lowest BCUT2D eigenvalue weighted by Crippen LogP contribution is -2.30. The largest absolute Gasteiger partial charge is 0.488 e. The summed E-state index contributed by atoms with van der Waals surface area (Å²) in [4.78, 5) is 4.21. The molecule has 64 valence electrons. The maximum atomic E-state index is 8.90. The molecule has 1 heterocycles. The highest BCUT2D eigenvalue weighted by Gasteiger charge is 2.11. The molecule has 3 nitrogen and oxygen atoms in total. The Balaban J connectivity index is 3.06. The number of rotatable bonds is 2. The zero-order chi connectivity index (χ0) is 9.14. The molecule has 1 aromatic heterocycles. The standard InChI is InChI=1S/C8H12BNO2/c1-3-8-5-7(9(11)12)4-6(2)10-8/h4-5,11-12H,3H2,1-2H3. The maximum absolute atomic E-state index is 8.90. The molecule has 1 rings (SSSR count). The first-order chi connectivity index (χ1) is 5.63. The molecule has 0 bridgehead atoms. The first kappa shape index (κ1) is 9.22. The van der Waals surface area contributed by atoms with Gasteiger partial charge in [0.05, 0.1) is 0 Å². The third-order valence-corrected chi connectivity index (χ3v) is 1.69. The Hall–Kier alpha value is -0.865. The third kappa shape index (κ3) is 2.06. The average molecular weight is 165 g/mol. The SMILES string of the molecule is CCc1cc(B(O)O)cc(C)n1. The molecule has 0 saturated heterocycles. The first-order valence-electron chi connectivity index (χ1n) is 3.97. The van der Waals surface area contributed by atoms with Crippen molar-refractivity contribution in [1.82, 2.24) is 4.98 Å². The van der Waals surface area contributed by atoms with Crippen LogP contribution in [-0.2, 0) is 6.42 Å². The molecular weight excluding hydrogens is 153 g/mol. The Bertz CT molecular complexity index is 276. The summed E-state index contributed by atoms with van der Waals surface area (Å²) >= 11 is 0. The fraction of sp³-hybridized carbons (Fsp3) is 0.375. The summed E-state index contributed by atoms with van der Waals surface area (Å²) in [5, 5.41) is 17.8. The predicted molar refractivity (Wildman–Crippen MR) is 48.2 cm³/mol. The van der Waals surface area contributed by atoms with Crippen LogP contribution in [0.1, 0.15) is 18.3 Å². The summed E-state index contributed by atoms with van der Waals surface area (Å²) in [5.41, 5.74) is 2.22. The van der Waals surface area contributed by atoms with Gasteiger partial charge in [0.1, 0.15) is 0 Å². The van der Waals surface area contributed by atoms with Crippen LogP contribution >= 0.6 is 0 Å². The molecule has 0 saturated carbocycles. The van der Waals surface area contributed by atoms with Gasteiger partial charge in [-0.1, -0.05) is 6.92 Å². The second-order valence-electron chi connectivity index (χ2n) is 2.76. The van der Waals surface area contributed by atoms with Crippen molar-refractivity contribution in [2.75, 3.05) is 0 Å². The highest BCUT2D eigenvalue weighted by atomic mass is 16.4. The maximum Gasteiger partial charge on any atom is 0.488 e. The second kappa shape index (κ2) is 3.69. The Kier molecular flexibility index (Phi) is 2.84. The van der Waals surface area contributed by atoms with Crippen LogP contribution in [0.3, 0.4) is 0 Å². The molecule has 0 aliphatic rings. The summed E-state index contributed by atoms with van der Waals surface area (Å²) in [5.74, 6) is 0. The minimum absolute atomic E-state index is 0.513. The van der Waals surface area contributed by atoms with Gasteiger partial charge in [0.25, 0.3) is 0 Å². The van der Waals surface area contributed by atoms with Crippen molar-refractivity contribution in [2.45, 2.75) is 20.3 Å². The molecule has 0 unspecified atom stereocenters. The van der Waals surface area contributed by atoms with Crippen molar-refractivity contribution in [1.29, 1.82) is 0 Å². The molecule has 0 aromatic carbocycles. The van der Waals surface area contributed by atoms with Crippen molar-refractivity contribution in [3.8, 4) is 0 Å². The molecule has 1 aromatic rings. The van der Waals surface area contributed by atoms with E-state index in [9.17, 15) is 0 Å². The lowest BCUT2D eigenvalue weighted by molar-refractivity contribution is 0.425. The normalized spacial score (nSPS) is 10.0. The topological polar surface area (TPSA) is 53.4 Å². The van der Waals surface area contributed by atoms with Gasteiger partial charge in [-0.2, -0.15) is 0 Å². The predicted octanol–water partition coefficient (Wildman–Crippen LogP) is -0.368. The Labute approximate surface area is 72.2 Å². The molecule has 0 amide bonds. The van der Waals surface area contributed by atoms with Crippen molar-refractivity contribution in [3.63, 3.8) is 0 Å². The van der Waals surface area contributed by atoms with Crippen molar-refractivity contribution in [2.24, 2.45) is 0 Å². The van der Waals surface area contributed by atoms with E-state index in [1.54, 1.807) is 12.1 Å². The van der Waals surface area contributed by atoms with Gasteiger partial charge in [-0.15, -0.1) is 0 Å². The number of pyridine rings is 1. The van der Waals surface area contributed by atoms with E-state index in [1.165, 1.54) is 0 Å². The van der Waals surface area contributed by atoms with Crippen LogP contribution in [0, 0.1) is 6.92 Å². The summed E-state index contributed by atoms with van der Waals surface area (Å²) in [7, 11) is -1.39. The quantitative estimate of drug-likeness (QED) is 0.588. The van der Waals surface area contributed by atoms with E-state index in [1.807, 2.05) is 13.8 Å². The van der Waals surface area contributed by atoms with E-state index in [4.69, 9.17) is 10.0 Å². The highest BCUT2D eigenvalue weighted by Crippen LogP contribution is 1.97. The van der Waals surface area contributed by atoms with Crippen molar-refractivity contribution >= 4 is 12.6 Å². The number of aryl methyl sites for hydroxylation is 2. The zero-order valence-corrected chi connectivity index (χ0v) is 7.28. The lowest BCUT2D eigenvalue weighted by atomic mass is 9.80. The molecule has 0 atom stereocenters. The van der Waals surface area contributed by atoms with Gasteiger partial charge in [0.2, 0.25) is 0 Å². The molecule has 0 fully saturated rings. The van der Waals surface area contributed by atoms with Crippen molar-refractivity contribution < 1.29 is 10.0 Å². The van der Waals surface area contributed by atoms with Gasteiger partial charge in [-0.05, 0) is 30.9 Å². The first-order valence-corrected chi connectivity index (χ1v) is 3.97. The van der Waals surface area contributed by atoms with Crippen LogP contribution in [0.5, 0.6) is 0 Å². The van der Waals surface area contributed by atoms with Crippen LogP contribution in [-0.4, -0.2) is 22.2 Å². The summed E-state index contributed by atoms with van der Waals surface area (Å²) in [6.07, 6.45) is 0.807. The second-order valence-corrected chi connectivity index (χ2v) is 2.76. The fourth-order valence-corrected chi connectivity index (χ4v) is 1.10.